The molecule has 0 aromatic carbocycles. The maximum atomic E-state index is 11.6. The van der Waals surface area contributed by atoms with E-state index in [9.17, 15) is 4.79 Å². The van der Waals surface area contributed by atoms with Crippen LogP contribution in [0.3, 0.4) is 0 Å². The van der Waals surface area contributed by atoms with Gasteiger partial charge in [-0.15, -0.1) is 0 Å². The normalized spacial score (nSPS) is 22.1. The summed E-state index contributed by atoms with van der Waals surface area (Å²) in [4.78, 5) is 13.9. The van der Waals surface area contributed by atoms with Gasteiger partial charge in [0.05, 0.1) is 20.3 Å². The summed E-state index contributed by atoms with van der Waals surface area (Å²) in [6, 6.07) is -0.262. The molecule has 1 rings (SSSR count). The lowest BCUT2D eigenvalue weighted by Crippen LogP contribution is -2.58. The number of nitrogens with zero attached hydrogens (tertiary/aromatic N) is 1. The zero-order chi connectivity index (χ0) is 12.9. The SMILES string of the molecule is CCNC(CN1CCOCC1(C)C)C(=O)OC. The van der Waals surface area contributed by atoms with Crippen molar-refractivity contribution in [2.24, 2.45) is 0 Å². The molecule has 5 heteroatoms. The van der Waals surface area contributed by atoms with Crippen LogP contribution in [-0.2, 0) is 14.3 Å². The Hall–Kier alpha value is -0.650. The van der Waals surface area contributed by atoms with Gasteiger partial charge in [0, 0.05) is 18.6 Å². The summed E-state index contributed by atoms with van der Waals surface area (Å²) in [5, 5.41) is 3.16. The Bertz CT molecular complexity index is 256. The average molecular weight is 244 g/mol. The molecule has 0 aromatic heterocycles. The van der Waals surface area contributed by atoms with Crippen molar-refractivity contribution in [2.75, 3.05) is 40.0 Å². The molecule has 0 bridgehead atoms. The highest BCUT2D eigenvalue weighted by molar-refractivity contribution is 5.75. The molecular formula is C12H24N2O3. The van der Waals surface area contributed by atoms with E-state index >= 15 is 0 Å². The quantitative estimate of drug-likeness (QED) is 0.703. The van der Waals surface area contributed by atoms with E-state index in [4.69, 9.17) is 9.47 Å². The molecule has 1 unspecified atom stereocenters. The number of likely N-dealkylation sites (N-methyl/N-ethyl adjacent to an activating group) is 1. The van der Waals surface area contributed by atoms with Crippen LogP contribution in [0.2, 0.25) is 0 Å². The molecule has 1 N–H and O–H groups in total. The lowest BCUT2D eigenvalue weighted by molar-refractivity contribution is -0.145. The molecule has 5 nitrogen and oxygen atoms in total. The molecule has 0 spiro atoms. The van der Waals surface area contributed by atoms with E-state index < -0.39 is 0 Å². The fourth-order valence-electron chi connectivity index (χ4n) is 2.06. The van der Waals surface area contributed by atoms with E-state index in [0.29, 0.717) is 13.2 Å². The van der Waals surface area contributed by atoms with Crippen molar-refractivity contribution in [3.8, 4) is 0 Å². The number of carbonyl (C=O) groups excluding carboxylic acids is 1. The molecule has 0 aliphatic carbocycles. The van der Waals surface area contributed by atoms with E-state index in [1.165, 1.54) is 7.11 Å². The minimum Gasteiger partial charge on any atom is -0.468 e. The van der Waals surface area contributed by atoms with E-state index in [1.54, 1.807) is 0 Å². The zero-order valence-electron chi connectivity index (χ0n) is 11.3. The predicted molar refractivity (Wildman–Crippen MR) is 66.0 cm³/mol. The third kappa shape index (κ3) is 3.94. The van der Waals surface area contributed by atoms with Crippen molar-refractivity contribution in [1.82, 2.24) is 10.2 Å². The average Bonchev–Trinajstić information content (AvgIpc) is 2.29. The van der Waals surface area contributed by atoms with E-state index in [2.05, 4.69) is 24.1 Å². The van der Waals surface area contributed by atoms with Crippen molar-refractivity contribution in [3.63, 3.8) is 0 Å². The summed E-state index contributed by atoms with van der Waals surface area (Å²) in [6.45, 7) is 9.95. The summed E-state index contributed by atoms with van der Waals surface area (Å²) in [6.07, 6.45) is 0. The molecule has 0 saturated carbocycles. The van der Waals surface area contributed by atoms with Gasteiger partial charge in [-0.1, -0.05) is 6.92 Å². The number of methoxy groups -OCH3 is 1. The van der Waals surface area contributed by atoms with Crippen LogP contribution in [0, 0.1) is 0 Å². The smallest absolute Gasteiger partial charge is 0.324 e. The second-order valence-electron chi connectivity index (χ2n) is 4.94. The van der Waals surface area contributed by atoms with Crippen LogP contribution >= 0.6 is 0 Å². The van der Waals surface area contributed by atoms with Gasteiger partial charge >= 0.3 is 5.97 Å². The largest absolute Gasteiger partial charge is 0.468 e. The fraction of sp³-hybridized carbons (Fsp3) is 0.917. The minimum atomic E-state index is -0.262. The third-order valence-electron chi connectivity index (χ3n) is 3.16. The maximum Gasteiger partial charge on any atom is 0.324 e. The van der Waals surface area contributed by atoms with Crippen LogP contribution < -0.4 is 5.32 Å². The first-order valence-corrected chi connectivity index (χ1v) is 6.15. The Labute approximate surface area is 103 Å². The topological polar surface area (TPSA) is 50.8 Å². The number of nitrogens with one attached hydrogen (secondary N) is 1. The molecule has 1 aliphatic rings. The Morgan fingerprint density at radius 3 is 2.82 bits per heavy atom. The Balaban J connectivity index is 2.61. The predicted octanol–water partition coefficient (Wildman–Crippen LogP) is 0.248. The third-order valence-corrected chi connectivity index (χ3v) is 3.16. The lowest BCUT2D eigenvalue weighted by atomic mass is 10.0. The second-order valence-corrected chi connectivity index (χ2v) is 4.94. The summed E-state index contributed by atoms with van der Waals surface area (Å²) >= 11 is 0. The first kappa shape index (κ1) is 14.4. The zero-order valence-corrected chi connectivity index (χ0v) is 11.3. The lowest BCUT2D eigenvalue weighted by Gasteiger charge is -2.43. The van der Waals surface area contributed by atoms with E-state index in [1.807, 2.05) is 6.92 Å². The van der Waals surface area contributed by atoms with Gasteiger partial charge in [0.25, 0.3) is 0 Å². The van der Waals surface area contributed by atoms with E-state index in [0.717, 1.165) is 19.7 Å². The van der Waals surface area contributed by atoms with Gasteiger partial charge in [-0.3, -0.25) is 9.69 Å². The summed E-state index contributed by atoms with van der Waals surface area (Å²) in [7, 11) is 1.43. The molecular weight excluding hydrogens is 220 g/mol. The first-order chi connectivity index (χ1) is 8.01. The molecule has 1 fully saturated rings. The molecule has 1 aliphatic heterocycles. The van der Waals surface area contributed by atoms with Gasteiger partial charge in [0.15, 0.2) is 0 Å². The second kappa shape index (κ2) is 6.33. The fourth-order valence-corrected chi connectivity index (χ4v) is 2.06. The molecule has 1 saturated heterocycles. The maximum absolute atomic E-state index is 11.6. The number of morpholine rings is 1. The van der Waals surface area contributed by atoms with Crippen LogP contribution in [-0.4, -0.2) is 62.4 Å². The summed E-state index contributed by atoms with van der Waals surface area (Å²) in [5.41, 5.74) is -0.0278. The number of rotatable bonds is 5. The van der Waals surface area contributed by atoms with Crippen LogP contribution in [0.4, 0.5) is 0 Å². The van der Waals surface area contributed by atoms with Gasteiger partial charge in [-0.25, -0.2) is 0 Å². The van der Waals surface area contributed by atoms with Gasteiger partial charge in [0.2, 0.25) is 0 Å². The highest BCUT2D eigenvalue weighted by Crippen LogP contribution is 2.19. The van der Waals surface area contributed by atoms with Crippen molar-refractivity contribution < 1.29 is 14.3 Å². The number of hydrogen-bond acceptors (Lipinski definition) is 5. The first-order valence-electron chi connectivity index (χ1n) is 6.15. The highest BCUT2D eigenvalue weighted by atomic mass is 16.5. The number of carbonyl (C=O) groups is 1. The van der Waals surface area contributed by atoms with Crippen LogP contribution in [0.5, 0.6) is 0 Å². The van der Waals surface area contributed by atoms with Crippen molar-refractivity contribution in [3.05, 3.63) is 0 Å². The number of hydrogen-bond donors (Lipinski definition) is 1. The Morgan fingerprint density at radius 2 is 2.29 bits per heavy atom. The molecule has 0 radical (unpaired) electrons. The molecule has 1 atom stereocenters. The molecule has 0 amide bonds. The molecule has 0 aromatic rings. The van der Waals surface area contributed by atoms with Gasteiger partial charge in [-0.2, -0.15) is 0 Å². The standard InChI is InChI=1S/C12H24N2O3/c1-5-13-10(11(15)16-4)8-14-6-7-17-9-12(14,2)3/h10,13H,5-9H2,1-4H3. The van der Waals surface area contributed by atoms with Crippen molar-refractivity contribution >= 4 is 5.97 Å². The Kier molecular flexibility index (Phi) is 5.36. The van der Waals surface area contributed by atoms with Crippen molar-refractivity contribution in [1.29, 1.82) is 0 Å². The highest BCUT2D eigenvalue weighted by Gasteiger charge is 2.33. The summed E-state index contributed by atoms with van der Waals surface area (Å²) in [5.74, 6) is -0.200. The van der Waals surface area contributed by atoms with Crippen LogP contribution in [0.25, 0.3) is 0 Å². The molecule has 17 heavy (non-hydrogen) atoms. The Morgan fingerprint density at radius 1 is 1.59 bits per heavy atom. The number of ether oxygens (including phenoxy) is 2. The minimum absolute atomic E-state index is 0.0278. The van der Waals surface area contributed by atoms with E-state index in [-0.39, 0.29) is 17.6 Å². The molecule has 100 valence electrons. The summed E-state index contributed by atoms with van der Waals surface area (Å²) < 4.78 is 10.3. The van der Waals surface area contributed by atoms with Crippen molar-refractivity contribution in [2.45, 2.75) is 32.4 Å². The monoisotopic (exact) mass is 244 g/mol. The van der Waals surface area contributed by atoms with Gasteiger partial charge in [-0.05, 0) is 20.4 Å². The van der Waals surface area contributed by atoms with Crippen LogP contribution in [0.15, 0.2) is 0 Å². The number of esters is 1. The molecule has 1 heterocycles. The van der Waals surface area contributed by atoms with Gasteiger partial charge in [0.1, 0.15) is 6.04 Å². The van der Waals surface area contributed by atoms with Crippen LogP contribution in [0.1, 0.15) is 20.8 Å². The van der Waals surface area contributed by atoms with Gasteiger partial charge < -0.3 is 14.8 Å².